The first-order valence-corrected chi connectivity index (χ1v) is 6.53. The van der Waals surface area contributed by atoms with Gasteiger partial charge in [0, 0.05) is 25.5 Å². The maximum absolute atomic E-state index is 11.5. The molecule has 0 spiro atoms. The van der Waals surface area contributed by atoms with Crippen LogP contribution in [0.1, 0.15) is 12.0 Å². The lowest BCUT2D eigenvalue weighted by molar-refractivity contribution is -0.121. The third kappa shape index (κ3) is 5.15. The summed E-state index contributed by atoms with van der Waals surface area (Å²) in [5.41, 5.74) is 1.16. The molecule has 7 heteroatoms. The van der Waals surface area contributed by atoms with E-state index >= 15 is 0 Å². The fourth-order valence-electron chi connectivity index (χ4n) is 1.69. The minimum Gasteiger partial charge on any atom is -0.354 e. The summed E-state index contributed by atoms with van der Waals surface area (Å²) in [7, 11) is 0. The topological polar surface area (TPSA) is 84.7 Å². The van der Waals surface area contributed by atoms with Gasteiger partial charge in [-0.2, -0.15) is 5.10 Å². The highest BCUT2D eigenvalue weighted by atomic mass is 16.2. The van der Waals surface area contributed by atoms with Crippen LogP contribution in [0.5, 0.6) is 0 Å². The van der Waals surface area contributed by atoms with E-state index in [1.807, 2.05) is 18.3 Å². The Morgan fingerprint density at radius 3 is 3.00 bits per heavy atom. The molecule has 2 aromatic rings. The minimum absolute atomic E-state index is 0.0530. The van der Waals surface area contributed by atoms with E-state index < -0.39 is 0 Å². The van der Waals surface area contributed by atoms with E-state index in [0.29, 0.717) is 6.54 Å². The number of hydrogen-bond donors (Lipinski definition) is 2. The SMILES string of the molecule is O=C(Cn1cncn1)NCCCNCc1cccnc1. The number of nitrogens with one attached hydrogen (secondary N) is 2. The van der Waals surface area contributed by atoms with E-state index in [4.69, 9.17) is 0 Å². The summed E-state index contributed by atoms with van der Waals surface area (Å²) in [6.07, 6.45) is 7.41. The highest BCUT2D eigenvalue weighted by Crippen LogP contribution is 1.93. The first-order chi connectivity index (χ1) is 9.84. The number of nitrogens with zero attached hydrogens (tertiary/aromatic N) is 4. The van der Waals surface area contributed by atoms with Crippen molar-refractivity contribution in [2.75, 3.05) is 13.1 Å². The van der Waals surface area contributed by atoms with E-state index in [9.17, 15) is 4.79 Å². The number of aromatic nitrogens is 4. The largest absolute Gasteiger partial charge is 0.354 e. The van der Waals surface area contributed by atoms with Crippen LogP contribution in [-0.2, 0) is 17.9 Å². The Balaban J connectivity index is 1.50. The highest BCUT2D eigenvalue weighted by Gasteiger charge is 2.01. The third-order valence-electron chi connectivity index (χ3n) is 2.68. The van der Waals surface area contributed by atoms with Gasteiger partial charge in [0.1, 0.15) is 19.2 Å². The number of rotatable bonds is 8. The van der Waals surface area contributed by atoms with Crippen LogP contribution in [0.25, 0.3) is 0 Å². The molecule has 7 nitrogen and oxygen atoms in total. The molecule has 0 aliphatic rings. The molecule has 0 atom stereocenters. The smallest absolute Gasteiger partial charge is 0.241 e. The van der Waals surface area contributed by atoms with Crippen LogP contribution in [0.4, 0.5) is 0 Å². The molecule has 0 saturated heterocycles. The van der Waals surface area contributed by atoms with Crippen LogP contribution in [0.3, 0.4) is 0 Å². The Morgan fingerprint density at radius 2 is 2.25 bits per heavy atom. The van der Waals surface area contributed by atoms with Gasteiger partial charge in [-0.1, -0.05) is 6.07 Å². The molecule has 1 amide bonds. The fraction of sp³-hybridized carbons (Fsp3) is 0.385. The zero-order valence-corrected chi connectivity index (χ0v) is 11.2. The van der Waals surface area contributed by atoms with Crippen molar-refractivity contribution in [3.05, 3.63) is 42.7 Å². The van der Waals surface area contributed by atoms with E-state index in [1.54, 1.807) is 6.20 Å². The molecule has 0 fully saturated rings. The molecule has 2 heterocycles. The molecule has 0 aliphatic heterocycles. The molecular weight excluding hydrogens is 256 g/mol. The number of carbonyl (C=O) groups excluding carboxylic acids is 1. The van der Waals surface area contributed by atoms with Crippen molar-refractivity contribution in [2.45, 2.75) is 19.5 Å². The van der Waals surface area contributed by atoms with Crippen LogP contribution in [-0.4, -0.2) is 38.7 Å². The standard InChI is InChI=1S/C13H18N6O/c20-13(9-19-11-16-10-18-19)17-6-2-5-15-8-12-3-1-4-14-7-12/h1,3-4,7,10-11,15H,2,5-6,8-9H2,(H,17,20). The van der Waals surface area contributed by atoms with Gasteiger partial charge < -0.3 is 10.6 Å². The fourth-order valence-corrected chi connectivity index (χ4v) is 1.69. The second-order valence-corrected chi connectivity index (χ2v) is 4.33. The van der Waals surface area contributed by atoms with Gasteiger partial charge in [0.05, 0.1) is 0 Å². The van der Waals surface area contributed by atoms with E-state index in [2.05, 4.69) is 25.7 Å². The molecule has 0 saturated carbocycles. The maximum atomic E-state index is 11.5. The lowest BCUT2D eigenvalue weighted by Crippen LogP contribution is -2.30. The maximum Gasteiger partial charge on any atom is 0.241 e. The summed E-state index contributed by atoms with van der Waals surface area (Å²) in [5.74, 6) is -0.0530. The molecule has 0 aromatic carbocycles. The number of carbonyl (C=O) groups is 1. The quantitative estimate of drug-likeness (QED) is 0.660. The van der Waals surface area contributed by atoms with Gasteiger partial charge in [-0.3, -0.25) is 9.78 Å². The Hall–Kier alpha value is -2.28. The molecule has 0 aliphatic carbocycles. The summed E-state index contributed by atoms with van der Waals surface area (Å²) in [6.45, 7) is 2.50. The van der Waals surface area contributed by atoms with Crippen LogP contribution < -0.4 is 10.6 Å². The molecule has 2 rings (SSSR count). The predicted molar refractivity (Wildman–Crippen MR) is 73.6 cm³/mol. The van der Waals surface area contributed by atoms with Crippen molar-refractivity contribution in [3.8, 4) is 0 Å². The molecular formula is C13H18N6O. The van der Waals surface area contributed by atoms with Gasteiger partial charge in [0.2, 0.25) is 5.91 Å². The van der Waals surface area contributed by atoms with Crippen molar-refractivity contribution in [1.29, 1.82) is 0 Å². The van der Waals surface area contributed by atoms with Gasteiger partial charge in [-0.25, -0.2) is 9.67 Å². The second kappa shape index (κ2) is 8.00. The third-order valence-corrected chi connectivity index (χ3v) is 2.68. The van der Waals surface area contributed by atoms with Gasteiger partial charge >= 0.3 is 0 Å². The van der Waals surface area contributed by atoms with Crippen molar-refractivity contribution in [2.24, 2.45) is 0 Å². The van der Waals surface area contributed by atoms with Gasteiger partial charge in [0.15, 0.2) is 0 Å². The van der Waals surface area contributed by atoms with Gasteiger partial charge in [-0.15, -0.1) is 0 Å². The van der Waals surface area contributed by atoms with Gasteiger partial charge in [0.25, 0.3) is 0 Å². The molecule has 2 N–H and O–H groups in total. The predicted octanol–water partition coefficient (Wildman–Crippen LogP) is -0.0308. The second-order valence-electron chi connectivity index (χ2n) is 4.33. The molecule has 0 radical (unpaired) electrons. The van der Waals surface area contributed by atoms with Crippen molar-refractivity contribution in [1.82, 2.24) is 30.4 Å². The number of amides is 1. The Morgan fingerprint density at radius 1 is 1.30 bits per heavy atom. The zero-order valence-electron chi connectivity index (χ0n) is 11.2. The summed E-state index contributed by atoms with van der Waals surface area (Å²) in [5, 5.41) is 10.0. The van der Waals surface area contributed by atoms with Crippen LogP contribution >= 0.6 is 0 Å². The Kier molecular flexibility index (Phi) is 5.66. The molecule has 106 valence electrons. The lowest BCUT2D eigenvalue weighted by Gasteiger charge is -2.06. The normalized spacial score (nSPS) is 10.4. The van der Waals surface area contributed by atoms with E-state index in [-0.39, 0.29) is 12.5 Å². The molecule has 2 aromatic heterocycles. The zero-order chi connectivity index (χ0) is 14.0. The first-order valence-electron chi connectivity index (χ1n) is 6.53. The lowest BCUT2D eigenvalue weighted by atomic mass is 10.3. The van der Waals surface area contributed by atoms with E-state index in [1.165, 1.54) is 17.3 Å². The summed E-state index contributed by atoms with van der Waals surface area (Å²) in [4.78, 5) is 19.4. The molecule has 20 heavy (non-hydrogen) atoms. The van der Waals surface area contributed by atoms with Crippen molar-refractivity contribution in [3.63, 3.8) is 0 Å². The van der Waals surface area contributed by atoms with Crippen LogP contribution in [0.15, 0.2) is 37.2 Å². The van der Waals surface area contributed by atoms with Crippen molar-refractivity contribution >= 4 is 5.91 Å². The Bertz CT molecular complexity index is 499. The average Bonchev–Trinajstić information content (AvgIpc) is 2.96. The average molecular weight is 274 g/mol. The summed E-state index contributed by atoms with van der Waals surface area (Å²) >= 11 is 0. The first kappa shape index (κ1) is 14.1. The molecule has 0 bridgehead atoms. The molecule has 0 unspecified atom stereocenters. The highest BCUT2D eigenvalue weighted by molar-refractivity contribution is 5.75. The summed E-state index contributed by atoms with van der Waals surface area (Å²) in [6, 6.07) is 3.95. The Labute approximate surface area is 117 Å². The van der Waals surface area contributed by atoms with Crippen LogP contribution in [0.2, 0.25) is 0 Å². The van der Waals surface area contributed by atoms with Crippen LogP contribution in [0, 0.1) is 0 Å². The minimum atomic E-state index is -0.0530. The van der Waals surface area contributed by atoms with E-state index in [0.717, 1.165) is 25.1 Å². The van der Waals surface area contributed by atoms with Crippen molar-refractivity contribution < 1.29 is 4.79 Å². The monoisotopic (exact) mass is 274 g/mol. The number of pyridine rings is 1. The summed E-state index contributed by atoms with van der Waals surface area (Å²) < 4.78 is 1.50. The van der Waals surface area contributed by atoms with Gasteiger partial charge in [-0.05, 0) is 24.6 Å². The number of hydrogen-bond acceptors (Lipinski definition) is 5.